The molecule has 0 aliphatic rings. The van der Waals surface area contributed by atoms with Crippen LogP contribution in [0.3, 0.4) is 0 Å². The first-order valence-electron chi connectivity index (χ1n) is 8.11. The normalized spacial score (nSPS) is 10.5. The standard InChI is InChI=1S/C20H21N3O2/c1-14-8-7-11-17(15(14)2)21-20-22-19(24)18(25-3)13-23(20)12-16-9-5-4-6-10-16/h4-11,13H,12H2,1-3H3,(H,21,22,24). The van der Waals surface area contributed by atoms with Crippen molar-refractivity contribution in [1.29, 1.82) is 0 Å². The Bertz CT molecular complexity index is 933. The minimum absolute atomic E-state index is 0.224. The fraction of sp³-hybridized carbons (Fsp3) is 0.200. The maximum atomic E-state index is 12.1. The average Bonchev–Trinajstić information content (AvgIpc) is 2.62. The van der Waals surface area contributed by atoms with Crippen LogP contribution in [0.25, 0.3) is 0 Å². The Morgan fingerprint density at radius 2 is 1.84 bits per heavy atom. The fourth-order valence-corrected chi connectivity index (χ4v) is 2.62. The third-order valence-electron chi connectivity index (χ3n) is 4.23. The largest absolute Gasteiger partial charge is 0.490 e. The van der Waals surface area contributed by atoms with Crippen molar-refractivity contribution >= 4 is 11.6 Å². The smallest absolute Gasteiger partial charge is 0.316 e. The van der Waals surface area contributed by atoms with Crippen LogP contribution in [0, 0.1) is 13.8 Å². The van der Waals surface area contributed by atoms with Gasteiger partial charge in [0.05, 0.1) is 19.9 Å². The number of rotatable bonds is 5. The van der Waals surface area contributed by atoms with E-state index in [9.17, 15) is 4.79 Å². The van der Waals surface area contributed by atoms with Crippen LogP contribution in [0.4, 0.5) is 11.6 Å². The van der Waals surface area contributed by atoms with Crippen LogP contribution in [-0.2, 0) is 6.54 Å². The molecule has 0 aliphatic heterocycles. The van der Waals surface area contributed by atoms with Crippen LogP contribution in [0.5, 0.6) is 5.75 Å². The van der Waals surface area contributed by atoms with E-state index < -0.39 is 0 Å². The van der Waals surface area contributed by atoms with Crippen molar-refractivity contribution in [3.63, 3.8) is 0 Å². The Morgan fingerprint density at radius 1 is 1.08 bits per heavy atom. The molecule has 0 radical (unpaired) electrons. The summed E-state index contributed by atoms with van der Waals surface area (Å²) in [6.07, 6.45) is 1.69. The van der Waals surface area contributed by atoms with Crippen molar-refractivity contribution in [3.05, 3.63) is 81.8 Å². The molecule has 0 saturated carbocycles. The third kappa shape index (κ3) is 3.71. The molecule has 3 aromatic rings. The highest BCUT2D eigenvalue weighted by Gasteiger charge is 2.11. The summed E-state index contributed by atoms with van der Waals surface area (Å²) < 4.78 is 7.03. The van der Waals surface area contributed by atoms with Gasteiger partial charge in [-0.2, -0.15) is 4.98 Å². The summed E-state index contributed by atoms with van der Waals surface area (Å²) in [5, 5.41) is 3.29. The fourth-order valence-electron chi connectivity index (χ4n) is 2.62. The zero-order valence-electron chi connectivity index (χ0n) is 14.6. The molecule has 2 aromatic carbocycles. The lowest BCUT2D eigenvalue weighted by molar-refractivity contribution is 0.402. The second-order valence-electron chi connectivity index (χ2n) is 5.92. The number of ether oxygens (including phenoxy) is 1. The molecule has 0 unspecified atom stereocenters. The second-order valence-corrected chi connectivity index (χ2v) is 5.92. The molecule has 0 atom stereocenters. The van der Waals surface area contributed by atoms with Gasteiger partial charge in [0.25, 0.3) is 0 Å². The predicted molar refractivity (Wildman–Crippen MR) is 99.8 cm³/mol. The van der Waals surface area contributed by atoms with Crippen molar-refractivity contribution in [2.75, 3.05) is 12.4 Å². The van der Waals surface area contributed by atoms with Gasteiger partial charge in [-0.25, -0.2) is 0 Å². The molecule has 0 saturated heterocycles. The van der Waals surface area contributed by atoms with Gasteiger partial charge < -0.3 is 14.6 Å². The van der Waals surface area contributed by atoms with Crippen molar-refractivity contribution in [3.8, 4) is 5.75 Å². The van der Waals surface area contributed by atoms with Gasteiger partial charge in [-0.1, -0.05) is 42.5 Å². The number of nitrogens with one attached hydrogen (secondary N) is 1. The minimum atomic E-state index is -0.389. The SMILES string of the molecule is COc1cn(Cc2ccccc2)c(Nc2cccc(C)c2C)nc1=O. The summed E-state index contributed by atoms with van der Waals surface area (Å²) >= 11 is 0. The Kier molecular flexibility index (Phi) is 4.84. The monoisotopic (exact) mass is 335 g/mol. The molecule has 3 rings (SSSR count). The van der Waals surface area contributed by atoms with Crippen molar-refractivity contribution < 1.29 is 4.74 Å². The number of anilines is 2. The zero-order valence-corrected chi connectivity index (χ0v) is 14.6. The van der Waals surface area contributed by atoms with E-state index in [4.69, 9.17) is 4.74 Å². The highest BCUT2D eigenvalue weighted by Crippen LogP contribution is 2.22. The van der Waals surface area contributed by atoms with Gasteiger partial charge in [0.1, 0.15) is 0 Å². The van der Waals surface area contributed by atoms with E-state index in [0.29, 0.717) is 12.5 Å². The first kappa shape index (κ1) is 16.8. The molecule has 1 heterocycles. The van der Waals surface area contributed by atoms with E-state index >= 15 is 0 Å². The molecule has 5 nitrogen and oxygen atoms in total. The lowest BCUT2D eigenvalue weighted by atomic mass is 10.1. The van der Waals surface area contributed by atoms with E-state index in [1.807, 2.05) is 54.0 Å². The van der Waals surface area contributed by atoms with Crippen LogP contribution < -0.4 is 15.6 Å². The van der Waals surface area contributed by atoms with Crippen molar-refractivity contribution in [2.45, 2.75) is 20.4 Å². The van der Waals surface area contributed by atoms with Gasteiger partial charge in [0, 0.05) is 5.69 Å². The van der Waals surface area contributed by atoms with Gasteiger partial charge in [-0.05, 0) is 36.6 Å². The molecule has 5 heteroatoms. The Labute approximate surface area is 146 Å². The topological polar surface area (TPSA) is 56.1 Å². The van der Waals surface area contributed by atoms with Gasteiger partial charge >= 0.3 is 5.56 Å². The van der Waals surface area contributed by atoms with E-state index in [1.54, 1.807) is 6.20 Å². The lowest BCUT2D eigenvalue weighted by Gasteiger charge is -2.17. The predicted octanol–water partition coefficient (Wildman–Crippen LogP) is 3.66. The van der Waals surface area contributed by atoms with Crippen LogP contribution in [0.15, 0.2) is 59.5 Å². The highest BCUT2D eigenvalue weighted by atomic mass is 16.5. The number of benzene rings is 2. The number of methoxy groups -OCH3 is 1. The van der Waals surface area contributed by atoms with Crippen molar-refractivity contribution in [1.82, 2.24) is 9.55 Å². The Hall–Kier alpha value is -3.08. The van der Waals surface area contributed by atoms with Crippen LogP contribution in [0.2, 0.25) is 0 Å². The molecule has 25 heavy (non-hydrogen) atoms. The summed E-state index contributed by atoms with van der Waals surface area (Å²) in [7, 11) is 1.48. The number of hydrogen-bond donors (Lipinski definition) is 1. The third-order valence-corrected chi connectivity index (χ3v) is 4.23. The van der Waals surface area contributed by atoms with Crippen LogP contribution >= 0.6 is 0 Å². The van der Waals surface area contributed by atoms with Crippen LogP contribution in [-0.4, -0.2) is 16.7 Å². The maximum Gasteiger partial charge on any atom is 0.316 e. The summed E-state index contributed by atoms with van der Waals surface area (Å²) in [6.45, 7) is 4.68. The molecule has 0 spiro atoms. The van der Waals surface area contributed by atoms with E-state index in [-0.39, 0.29) is 11.3 Å². The highest BCUT2D eigenvalue weighted by molar-refractivity contribution is 5.60. The molecule has 1 N–H and O–H groups in total. The van der Waals surface area contributed by atoms with Gasteiger partial charge in [0.15, 0.2) is 0 Å². The van der Waals surface area contributed by atoms with E-state index in [2.05, 4.69) is 23.3 Å². The molecular formula is C20H21N3O2. The zero-order chi connectivity index (χ0) is 17.8. The Morgan fingerprint density at radius 3 is 2.56 bits per heavy atom. The first-order chi connectivity index (χ1) is 12.1. The molecular weight excluding hydrogens is 314 g/mol. The number of nitrogens with zero attached hydrogens (tertiary/aromatic N) is 2. The quantitative estimate of drug-likeness (QED) is 0.773. The van der Waals surface area contributed by atoms with E-state index in [1.165, 1.54) is 12.7 Å². The van der Waals surface area contributed by atoms with Gasteiger partial charge in [-0.15, -0.1) is 0 Å². The molecule has 0 amide bonds. The maximum absolute atomic E-state index is 12.1. The summed E-state index contributed by atoms with van der Waals surface area (Å²) in [4.78, 5) is 16.3. The van der Waals surface area contributed by atoms with E-state index in [0.717, 1.165) is 16.8 Å². The second kappa shape index (κ2) is 7.21. The van der Waals surface area contributed by atoms with Crippen LogP contribution in [0.1, 0.15) is 16.7 Å². The molecule has 0 bridgehead atoms. The van der Waals surface area contributed by atoms with Crippen molar-refractivity contribution in [2.24, 2.45) is 0 Å². The number of aryl methyl sites for hydroxylation is 1. The summed E-state index contributed by atoms with van der Waals surface area (Å²) in [6, 6.07) is 16.0. The number of hydrogen-bond acceptors (Lipinski definition) is 4. The summed E-state index contributed by atoms with van der Waals surface area (Å²) in [5.41, 5.74) is 3.95. The van der Waals surface area contributed by atoms with Gasteiger partial charge in [0.2, 0.25) is 11.7 Å². The molecule has 1 aromatic heterocycles. The van der Waals surface area contributed by atoms with Gasteiger partial charge in [-0.3, -0.25) is 4.79 Å². The minimum Gasteiger partial charge on any atom is -0.490 e. The lowest BCUT2D eigenvalue weighted by Crippen LogP contribution is -2.19. The average molecular weight is 335 g/mol. The Balaban J connectivity index is 2.03. The summed E-state index contributed by atoms with van der Waals surface area (Å²) in [5.74, 6) is 0.714. The molecule has 0 aliphatic carbocycles. The molecule has 128 valence electrons. The first-order valence-corrected chi connectivity index (χ1v) is 8.11. The number of aromatic nitrogens is 2. The molecule has 0 fully saturated rings.